The molecule has 1 N–H and O–H groups in total. The highest BCUT2D eigenvalue weighted by molar-refractivity contribution is 6.28. The maximum Gasteiger partial charge on any atom is 0.303 e. The molecular formula is C5H8Cl2O2. The number of halogens is 2. The van der Waals surface area contributed by atoms with E-state index in [0.717, 1.165) is 0 Å². The predicted molar refractivity (Wildman–Crippen MR) is 37.2 cm³/mol. The van der Waals surface area contributed by atoms with Crippen LogP contribution in [0.5, 0.6) is 0 Å². The maximum atomic E-state index is 9.92. The van der Waals surface area contributed by atoms with Crippen molar-refractivity contribution in [1.29, 1.82) is 0 Å². The van der Waals surface area contributed by atoms with Crippen molar-refractivity contribution in [2.24, 2.45) is 0 Å². The first-order chi connectivity index (χ1) is 4.16. The Balaban J connectivity index is 3.16. The molecule has 0 aromatic rings. The van der Waals surface area contributed by atoms with E-state index < -0.39 is 5.97 Å². The molecule has 0 aliphatic carbocycles. The molecule has 0 saturated carbocycles. The van der Waals surface area contributed by atoms with Crippen LogP contribution in [0.15, 0.2) is 0 Å². The van der Waals surface area contributed by atoms with Crippen LogP contribution < -0.4 is 0 Å². The normalized spacial score (nSPS) is 13.1. The number of carboxylic acids is 1. The van der Waals surface area contributed by atoms with Crippen molar-refractivity contribution >= 4 is 29.2 Å². The van der Waals surface area contributed by atoms with Crippen molar-refractivity contribution < 1.29 is 9.90 Å². The minimum atomic E-state index is -0.828. The Morgan fingerprint density at radius 3 is 2.56 bits per heavy atom. The lowest BCUT2D eigenvalue weighted by Gasteiger charge is -1.99. The van der Waals surface area contributed by atoms with Gasteiger partial charge in [0.2, 0.25) is 0 Å². The monoisotopic (exact) mass is 170 g/mol. The topological polar surface area (TPSA) is 37.3 Å². The Morgan fingerprint density at radius 1 is 1.67 bits per heavy atom. The quantitative estimate of drug-likeness (QED) is 0.653. The molecule has 0 aliphatic heterocycles. The molecule has 54 valence electrons. The Kier molecular flexibility index (Phi) is 4.91. The van der Waals surface area contributed by atoms with E-state index in [4.69, 9.17) is 28.3 Å². The highest BCUT2D eigenvalue weighted by Gasteiger charge is 2.04. The maximum absolute atomic E-state index is 9.92. The fourth-order valence-corrected chi connectivity index (χ4v) is 0.621. The highest BCUT2D eigenvalue weighted by atomic mass is 35.5. The van der Waals surface area contributed by atoms with E-state index in [1.165, 1.54) is 0 Å². The summed E-state index contributed by atoms with van der Waals surface area (Å²) in [5.41, 5.74) is 0. The molecule has 1 unspecified atom stereocenters. The van der Waals surface area contributed by atoms with Crippen LogP contribution in [0.1, 0.15) is 12.8 Å². The van der Waals surface area contributed by atoms with E-state index in [0.29, 0.717) is 12.3 Å². The average Bonchev–Trinajstić information content (AvgIpc) is 1.83. The first-order valence-corrected chi connectivity index (χ1v) is 3.55. The van der Waals surface area contributed by atoms with Crippen molar-refractivity contribution in [3.63, 3.8) is 0 Å². The van der Waals surface area contributed by atoms with Crippen LogP contribution in [0.3, 0.4) is 0 Å². The van der Waals surface area contributed by atoms with Crippen molar-refractivity contribution in [1.82, 2.24) is 0 Å². The molecule has 9 heavy (non-hydrogen) atoms. The van der Waals surface area contributed by atoms with Gasteiger partial charge in [-0.25, -0.2) is 0 Å². The second-order valence-electron chi connectivity index (χ2n) is 1.68. The predicted octanol–water partition coefficient (Wildman–Crippen LogP) is 1.70. The van der Waals surface area contributed by atoms with Crippen molar-refractivity contribution in [3.05, 3.63) is 0 Å². The van der Waals surface area contributed by atoms with Crippen molar-refractivity contribution in [2.75, 3.05) is 5.88 Å². The molecule has 1 atom stereocenters. The van der Waals surface area contributed by atoms with Crippen molar-refractivity contribution in [3.8, 4) is 0 Å². The minimum Gasteiger partial charge on any atom is -0.481 e. The summed E-state index contributed by atoms with van der Waals surface area (Å²) in [6.07, 6.45) is 0.543. The van der Waals surface area contributed by atoms with Crippen molar-refractivity contribution in [2.45, 2.75) is 18.2 Å². The van der Waals surface area contributed by atoms with Gasteiger partial charge in [-0.2, -0.15) is 0 Å². The molecule has 0 bridgehead atoms. The highest BCUT2D eigenvalue weighted by Crippen LogP contribution is 2.06. The molecule has 0 fully saturated rings. The summed E-state index contributed by atoms with van der Waals surface area (Å²) < 4.78 is 0. The third-order valence-corrected chi connectivity index (χ3v) is 1.74. The number of alkyl halides is 2. The van der Waals surface area contributed by atoms with E-state index in [9.17, 15) is 4.79 Å². The number of carboxylic acid groups (broad SMARTS) is 1. The molecule has 0 radical (unpaired) electrons. The lowest BCUT2D eigenvalue weighted by molar-refractivity contribution is -0.137. The standard InChI is InChI=1S/C5H8Cl2O2/c6-3-4(7)1-2-5(8)9/h4H,1-3H2,(H,8,9). The fourth-order valence-electron chi connectivity index (χ4n) is 0.357. The van der Waals surface area contributed by atoms with E-state index >= 15 is 0 Å². The van der Waals surface area contributed by atoms with Gasteiger partial charge in [0.25, 0.3) is 0 Å². The molecule has 0 amide bonds. The molecule has 0 spiro atoms. The van der Waals surface area contributed by atoms with Gasteiger partial charge in [0.15, 0.2) is 0 Å². The molecule has 0 rings (SSSR count). The molecule has 2 nitrogen and oxygen atoms in total. The van der Waals surface area contributed by atoms with Gasteiger partial charge in [-0.3, -0.25) is 4.79 Å². The summed E-state index contributed by atoms with van der Waals surface area (Å²) in [7, 11) is 0. The molecule has 0 aromatic carbocycles. The van der Waals surface area contributed by atoms with E-state index in [1.54, 1.807) is 0 Å². The van der Waals surface area contributed by atoms with Gasteiger partial charge >= 0.3 is 5.97 Å². The smallest absolute Gasteiger partial charge is 0.303 e. The lowest BCUT2D eigenvalue weighted by Crippen LogP contribution is -2.04. The fraction of sp³-hybridized carbons (Fsp3) is 0.800. The van der Waals surface area contributed by atoms with Gasteiger partial charge in [-0.1, -0.05) is 0 Å². The van der Waals surface area contributed by atoms with Crippen LogP contribution >= 0.6 is 23.2 Å². The van der Waals surface area contributed by atoms with Gasteiger partial charge in [0.05, 0.1) is 0 Å². The second-order valence-corrected chi connectivity index (χ2v) is 2.61. The van der Waals surface area contributed by atoms with Crippen LogP contribution in [0, 0.1) is 0 Å². The minimum absolute atomic E-state index is 0.0981. The Bertz CT molecular complexity index is 95.0. The summed E-state index contributed by atoms with van der Waals surface area (Å²) in [5, 5.41) is 7.95. The Hall–Kier alpha value is 0.0500. The second kappa shape index (κ2) is 4.89. The van der Waals surface area contributed by atoms with Crippen LogP contribution in [0.25, 0.3) is 0 Å². The molecule has 0 heterocycles. The molecular weight excluding hydrogens is 163 g/mol. The van der Waals surface area contributed by atoms with E-state index in [2.05, 4.69) is 0 Å². The number of carbonyl (C=O) groups is 1. The molecule has 0 saturated heterocycles. The van der Waals surface area contributed by atoms with E-state index in [1.807, 2.05) is 0 Å². The summed E-state index contributed by atoms with van der Waals surface area (Å²) in [6.45, 7) is 0. The molecule has 4 heteroatoms. The summed E-state index contributed by atoms with van der Waals surface area (Å²) in [4.78, 5) is 9.92. The van der Waals surface area contributed by atoms with Crippen LogP contribution in [-0.2, 0) is 4.79 Å². The van der Waals surface area contributed by atoms with Crippen LogP contribution in [0.4, 0.5) is 0 Å². The van der Waals surface area contributed by atoms with Crippen LogP contribution in [0.2, 0.25) is 0 Å². The summed E-state index contributed by atoms with van der Waals surface area (Å²) in [6, 6.07) is 0. The first-order valence-electron chi connectivity index (χ1n) is 2.58. The molecule has 0 aliphatic rings. The van der Waals surface area contributed by atoms with Gasteiger partial charge in [-0.05, 0) is 6.42 Å². The van der Waals surface area contributed by atoms with Gasteiger partial charge in [0, 0.05) is 17.7 Å². The number of rotatable bonds is 4. The van der Waals surface area contributed by atoms with Crippen LogP contribution in [-0.4, -0.2) is 22.3 Å². The first kappa shape index (κ1) is 9.05. The molecule has 0 aromatic heterocycles. The Labute approximate surface area is 63.8 Å². The summed E-state index contributed by atoms with van der Waals surface area (Å²) >= 11 is 10.8. The Morgan fingerprint density at radius 2 is 2.22 bits per heavy atom. The van der Waals surface area contributed by atoms with Gasteiger partial charge in [0.1, 0.15) is 0 Å². The summed E-state index contributed by atoms with van der Waals surface area (Å²) in [5.74, 6) is -0.514. The average molecular weight is 171 g/mol. The van der Waals surface area contributed by atoms with Gasteiger partial charge < -0.3 is 5.11 Å². The largest absolute Gasteiger partial charge is 0.481 e. The zero-order chi connectivity index (χ0) is 7.28. The number of aliphatic carboxylic acids is 1. The zero-order valence-electron chi connectivity index (χ0n) is 4.81. The lowest BCUT2D eigenvalue weighted by atomic mass is 10.2. The number of hydrogen-bond acceptors (Lipinski definition) is 1. The number of hydrogen-bond donors (Lipinski definition) is 1. The zero-order valence-corrected chi connectivity index (χ0v) is 6.32. The third-order valence-electron chi connectivity index (χ3n) is 0.839. The van der Waals surface area contributed by atoms with E-state index in [-0.39, 0.29) is 11.8 Å². The van der Waals surface area contributed by atoms with Gasteiger partial charge in [-0.15, -0.1) is 23.2 Å². The third kappa shape index (κ3) is 5.93. The SMILES string of the molecule is O=C(O)CCC(Cl)CCl.